The molecule has 0 aromatic heterocycles. The van der Waals surface area contributed by atoms with E-state index in [1.807, 2.05) is 0 Å². The number of hydrogen-bond acceptors (Lipinski definition) is 3. The van der Waals surface area contributed by atoms with Crippen molar-refractivity contribution in [2.24, 2.45) is 0 Å². The predicted octanol–water partition coefficient (Wildman–Crippen LogP) is 4.70. The maximum atomic E-state index is 14.7. The van der Waals surface area contributed by atoms with Crippen molar-refractivity contribution in [1.29, 1.82) is 0 Å². The number of hydrogen-bond donors (Lipinski definition) is 1. The highest BCUT2D eigenvalue weighted by Crippen LogP contribution is 2.34. The second-order valence-corrected chi connectivity index (χ2v) is 12.9. The van der Waals surface area contributed by atoms with E-state index in [-0.39, 0.29) is 11.8 Å². The molecule has 1 aromatic carbocycles. The van der Waals surface area contributed by atoms with Crippen molar-refractivity contribution in [3.05, 3.63) is 29.6 Å². The molecule has 0 bridgehead atoms. The van der Waals surface area contributed by atoms with Gasteiger partial charge in [-0.15, -0.1) is 0 Å². The molecule has 132 valence electrons. The summed E-state index contributed by atoms with van der Waals surface area (Å²) in [4.78, 5) is 0. The summed E-state index contributed by atoms with van der Waals surface area (Å²) in [5.41, 5.74) is 0.389. The van der Waals surface area contributed by atoms with Gasteiger partial charge in [-0.05, 0) is 24.2 Å². The van der Waals surface area contributed by atoms with Crippen LogP contribution in [0.25, 0.3) is 0 Å². The molecule has 8 heteroatoms. The Balaban J connectivity index is 3.19. The van der Waals surface area contributed by atoms with Gasteiger partial charge in [-0.1, -0.05) is 55.5 Å². The van der Waals surface area contributed by atoms with Crippen molar-refractivity contribution >= 4 is 46.6 Å². The number of nitrogens with one attached hydrogen (secondary N) is 1. The molecule has 0 aliphatic rings. The molecule has 0 spiro atoms. The molecule has 0 saturated carbocycles. The first kappa shape index (κ1) is 20.9. The van der Waals surface area contributed by atoms with Crippen LogP contribution in [0.4, 0.5) is 10.1 Å². The number of anilines is 1. The van der Waals surface area contributed by atoms with Gasteiger partial charge in [0.25, 0.3) is 0 Å². The zero-order valence-corrected chi connectivity index (χ0v) is 18.0. The Bertz CT molecular complexity index is 615. The largest absolute Gasteiger partial charge is 0.409 e. The SMILES string of the molecule is CC[Si](CC)(CC)OC(CI)c1cccc(NS(C)(=O)=O)c1F. The van der Waals surface area contributed by atoms with E-state index in [0.717, 1.165) is 24.4 Å². The Morgan fingerprint density at radius 2 is 1.83 bits per heavy atom. The van der Waals surface area contributed by atoms with Gasteiger partial charge in [0.2, 0.25) is 10.0 Å². The van der Waals surface area contributed by atoms with E-state index < -0.39 is 24.2 Å². The van der Waals surface area contributed by atoms with E-state index in [9.17, 15) is 12.8 Å². The third-order valence-corrected chi connectivity index (χ3v) is 10.2. The Morgan fingerprint density at radius 3 is 2.26 bits per heavy atom. The van der Waals surface area contributed by atoms with E-state index in [2.05, 4.69) is 48.1 Å². The average Bonchev–Trinajstić information content (AvgIpc) is 2.51. The molecule has 0 heterocycles. The fourth-order valence-corrected chi connectivity index (χ4v) is 6.92. The monoisotopic (exact) mass is 473 g/mol. The second-order valence-electron chi connectivity index (χ2n) is 5.59. The van der Waals surface area contributed by atoms with Crippen molar-refractivity contribution in [2.75, 3.05) is 15.4 Å². The average molecular weight is 473 g/mol. The smallest absolute Gasteiger partial charge is 0.229 e. The standard InChI is InChI=1S/C15H25FINO3SSi/c1-5-23(6-2,7-3)21-14(11-17)12-9-8-10-13(15(12)16)18-22(4,19)20/h8-10,14,18H,5-7,11H2,1-4H3. The van der Waals surface area contributed by atoms with Crippen LogP contribution in [0.15, 0.2) is 18.2 Å². The molecule has 0 aliphatic carbocycles. The van der Waals surface area contributed by atoms with Gasteiger partial charge >= 0.3 is 0 Å². The van der Waals surface area contributed by atoms with Gasteiger partial charge in [0.1, 0.15) is 0 Å². The summed E-state index contributed by atoms with van der Waals surface area (Å²) in [5.74, 6) is -0.550. The quantitative estimate of drug-likeness (QED) is 0.322. The van der Waals surface area contributed by atoms with Crippen LogP contribution in [-0.2, 0) is 14.4 Å². The Labute approximate surface area is 153 Å². The molecule has 1 atom stereocenters. The molecule has 1 N–H and O–H groups in total. The van der Waals surface area contributed by atoms with Crippen LogP contribution >= 0.6 is 22.6 Å². The lowest BCUT2D eigenvalue weighted by Gasteiger charge is -2.33. The molecule has 1 unspecified atom stereocenters. The highest BCUT2D eigenvalue weighted by molar-refractivity contribution is 14.1. The van der Waals surface area contributed by atoms with Crippen LogP contribution < -0.4 is 4.72 Å². The fourth-order valence-electron chi connectivity index (χ4n) is 2.56. The minimum atomic E-state index is -3.52. The lowest BCUT2D eigenvalue weighted by molar-refractivity contribution is 0.212. The van der Waals surface area contributed by atoms with Gasteiger partial charge < -0.3 is 4.43 Å². The Kier molecular flexibility index (Phi) is 7.95. The summed E-state index contributed by atoms with van der Waals surface area (Å²) in [6.07, 6.45) is 0.651. The third kappa shape index (κ3) is 5.68. The molecule has 1 rings (SSSR count). The lowest BCUT2D eigenvalue weighted by Crippen LogP contribution is -2.37. The molecular formula is C15H25FINO3SSi. The van der Waals surface area contributed by atoms with Crippen LogP contribution in [0.1, 0.15) is 32.4 Å². The summed E-state index contributed by atoms with van der Waals surface area (Å²) in [6, 6.07) is 7.70. The first-order valence-electron chi connectivity index (χ1n) is 7.71. The highest BCUT2D eigenvalue weighted by Gasteiger charge is 2.33. The summed E-state index contributed by atoms with van der Waals surface area (Å²) in [5, 5.41) is 0. The number of benzene rings is 1. The van der Waals surface area contributed by atoms with Gasteiger partial charge in [0, 0.05) is 9.99 Å². The molecule has 23 heavy (non-hydrogen) atoms. The lowest BCUT2D eigenvalue weighted by atomic mass is 10.1. The second kappa shape index (κ2) is 8.77. The summed E-state index contributed by atoms with van der Waals surface area (Å²) < 4.78 is 46.7. The van der Waals surface area contributed by atoms with Gasteiger partial charge in [-0.2, -0.15) is 0 Å². The van der Waals surface area contributed by atoms with Gasteiger partial charge in [0.05, 0.1) is 18.0 Å². The zero-order valence-electron chi connectivity index (χ0n) is 14.0. The predicted molar refractivity (Wildman–Crippen MR) is 105 cm³/mol. The highest BCUT2D eigenvalue weighted by atomic mass is 127. The summed E-state index contributed by atoms with van der Waals surface area (Å²) in [6.45, 7) is 6.38. The summed E-state index contributed by atoms with van der Waals surface area (Å²) >= 11 is 2.19. The molecule has 0 saturated heterocycles. The minimum Gasteiger partial charge on any atom is -0.409 e. The topological polar surface area (TPSA) is 55.4 Å². The zero-order chi connectivity index (χ0) is 17.7. The van der Waals surface area contributed by atoms with Crippen molar-refractivity contribution < 1.29 is 17.2 Å². The van der Waals surface area contributed by atoms with Crippen molar-refractivity contribution in [1.82, 2.24) is 0 Å². The molecule has 0 aliphatic heterocycles. The maximum absolute atomic E-state index is 14.7. The number of halogens is 2. The molecule has 0 fully saturated rings. The van der Waals surface area contributed by atoms with Crippen LogP contribution in [0.2, 0.25) is 18.1 Å². The minimum absolute atomic E-state index is 0.0276. The first-order chi connectivity index (χ1) is 10.7. The van der Waals surface area contributed by atoms with E-state index in [1.165, 1.54) is 6.07 Å². The maximum Gasteiger partial charge on any atom is 0.229 e. The van der Waals surface area contributed by atoms with Crippen molar-refractivity contribution in [3.63, 3.8) is 0 Å². The van der Waals surface area contributed by atoms with Crippen LogP contribution in [0.5, 0.6) is 0 Å². The number of alkyl halides is 1. The third-order valence-electron chi connectivity index (χ3n) is 4.14. The van der Waals surface area contributed by atoms with E-state index in [4.69, 9.17) is 4.43 Å². The Hall–Kier alpha value is -0.193. The molecular weight excluding hydrogens is 448 g/mol. The van der Waals surface area contributed by atoms with Crippen molar-refractivity contribution in [3.8, 4) is 0 Å². The van der Waals surface area contributed by atoms with Crippen molar-refractivity contribution in [2.45, 2.75) is 45.0 Å². The fraction of sp³-hybridized carbons (Fsp3) is 0.600. The van der Waals surface area contributed by atoms with Crippen LogP contribution in [0.3, 0.4) is 0 Å². The van der Waals surface area contributed by atoms with Gasteiger partial charge in [-0.3, -0.25) is 4.72 Å². The molecule has 0 radical (unpaired) electrons. The van der Waals surface area contributed by atoms with E-state index in [0.29, 0.717) is 9.99 Å². The van der Waals surface area contributed by atoms with E-state index >= 15 is 0 Å². The number of sulfonamides is 1. The first-order valence-corrected chi connectivity index (χ1v) is 13.7. The van der Waals surface area contributed by atoms with Gasteiger partial charge in [-0.25, -0.2) is 12.8 Å². The van der Waals surface area contributed by atoms with Gasteiger partial charge in [0.15, 0.2) is 14.1 Å². The molecule has 0 amide bonds. The molecule has 1 aromatic rings. The summed E-state index contributed by atoms with van der Waals surface area (Å²) in [7, 11) is -5.40. The Morgan fingerprint density at radius 1 is 1.26 bits per heavy atom. The number of rotatable bonds is 9. The molecule has 4 nitrogen and oxygen atoms in total. The van der Waals surface area contributed by atoms with Crippen LogP contribution in [-0.4, -0.2) is 27.4 Å². The normalized spacial score (nSPS) is 13.8. The van der Waals surface area contributed by atoms with Crippen LogP contribution in [0, 0.1) is 5.82 Å². The van der Waals surface area contributed by atoms with E-state index in [1.54, 1.807) is 12.1 Å².